The lowest BCUT2D eigenvalue weighted by atomic mass is 9.82. The summed E-state index contributed by atoms with van der Waals surface area (Å²) in [7, 11) is 1.78. The number of nitrogens with one attached hydrogen (secondary N) is 3. The zero-order valence-electron chi connectivity index (χ0n) is 15.6. The van der Waals surface area contributed by atoms with Gasteiger partial charge in [-0.25, -0.2) is 0 Å². The predicted octanol–water partition coefficient (Wildman–Crippen LogP) is 2.18. The van der Waals surface area contributed by atoms with E-state index in [1.807, 2.05) is 0 Å². The first-order valence-electron chi connectivity index (χ1n) is 9.07. The van der Waals surface area contributed by atoms with Gasteiger partial charge in [0.2, 0.25) is 0 Å². The molecule has 0 spiro atoms. The number of halogens is 2. The zero-order valence-corrected chi connectivity index (χ0v) is 17.1. The number of hydrogen-bond donors (Lipinski definition) is 3. The van der Waals surface area contributed by atoms with E-state index in [2.05, 4.69) is 16.7 Å². The van der Waals surface area contributed by atoms with Gasteiger partial charge in [0, 0.05) is 5.69 Å². The second-order valence-corrected chi connectivity index (χ2v) is 7.98. The predicted molar refractivity (Wildman–Crippen MR) is 106 cm³/mol. The quantitative estimate of drug-likeness (QED) is 0.670. The molecule has 2 amide bonds. The van der Waals surface area contributed by atoms with Gasteiger partial charge < -0.3 is 15.5 Å². The van der Waals surface area contributed by atoms with Crippen molar-refractivity contribution < 1.29 is 14.5 Å². The lowest BCUT2D eigenvalue weighted by molar-refractivity contribution is -0.885. The average Bonchev–Trinajstić information content (AvgIpc) is 2.64. The molecule has 1 aliphatic rings. The number of benzene rings is 1. The van der Waals surface area contributed by atoms with Crippen molar-refractivity contribution in [3.05, 3.63) is 28.2 Å². The maximum absolute atomic E-state index is 12.6. The van der Waals surface area contributed by atoms with Gasteiger partial charge in [-0.1, -0.05) is 42.5 Å². The van der Waals surface area contributed by atoms with E-state index < -0.39 is 11.6 Å². The number of carbonyl (C=O) groups is 2. The Labute approximate surface area is 169 Å². The summed E-state index contributed by atoms with van der Waals surface area (Å²) in [6, 6.07) is 6.67. The highest BCUT2D eigenvalue weighted by Crippen LogP contribution is 2.27. The highest BCUT2D eigenvalue weighted by Gasteiger charge is 2.36. The fraction of sp³-hybridized carbons (Fsp3) is 0.526. The van der Waals surface area contributed by atoms with E-state index in [1.54, 1.807) is 32.2 Å². The number of hydrogen-bond acceptors (Lipinski definition) is 3. The third-order valence-corrected chi connectivity index (χ3v) is 5.80. The molecule has 0 heterocycles. The van der Waals surface area contributed by atoms with Gasteiger partial charge in [-0.3, -0.25) is 9.59 Å². The monoisotopic (exact) mass is 411 g/mol. The van der Waals surface area contributed by atoms with Crippen LogP contribution in [0.15, 0.2) is 18.2 Å². The maximum Gasteiger partial charge on any atom is 0.279 e. The van der Waals surface area contributed by atoms with Crippen LogP contribution in [0.4, 0.5) is 5.69 Å². The Morgan fingerprint density at radius 3 is 2.52 bits per heavy atom. The molecule has 0 aromatic heterocycles. The van der Waals surface area contributed by atoms with Crippen LogP contribution in [0.25, 0.3) is 0 Å². The minimum atomic E-state index is -0.772. The van der Waals surface area contributed by atoms with Gasteiger partial charge >= 0.3 is 0 Å². The molecule has 1 aromatic rings. The van der Waals surface area contributed by atoms with Gasteiger partial charge in [-0.2, -0.15) is 5.26 Å². The number of nitrogens with zero attached hydrogens (tertiary/aromatic N) is 1. The van der Waals surface area contributed by atoms with Gasteiger partial charge in [0.15, 0.2) is 12.6 Å². The van der Waals surface area contributed by atoms with Crippen molar-refractivity contribution in [1.29, 1.82) is 5.26 Å². The van der Waals surface area contributed by atoms with E-state index in [0.717, 1.165) is 24.2 Å². The third-order valence-electron chi connectivity index (χ3n) is 5.06. The van der Waals surface area contributed by atoms with Crippen LogP contribution in [-0.4, -0.2) is 37.0 Å². The highest BCUT2D eigenvalue weighted by atomic mass is 35.5. The molecule has 6 nitrogen and oxygen atoms in total. The summed E-state index contributed by atoms with van der Waals surface area (Å²) >= 11 is 11.8. The molecule has 2 rings (SSSR count). The first-order valence-corrected chi connectivity index (χ1v) is 9.82. The van der Waals surface area contributed by atoms with Crippen molar-refractivity contribution in [3.63, 3.8) is 0 Å². The summed E-state index contributed by atoms with van der Waals surface area (Å²) in [6.07, 6.45) is 4.33. The highest BCUT2D eigenvalue weighted by molar-refractivity contribution is 6.42. The summed E-state index contributed by atoms with van der Waals surface area (Å²) in [5, 5.41) is 15.9. The van der Waals surface area contributed by atoms with E-state index in [4.69, 9.17) is 23.2 Å². The number of carbonyl (C=O) groups excluding carboxylic acids is 2. The molecular formula is C19H25Cl2N4O2+. The molecule has 0 radical (unpaired) electrons. The second-order valence-electron chi connectivity index (χ2n) is 7.17. The Kier molecular flexibility index (Phi) is 7.49. The Balaban J connectivity index is 1.90. The summed E-state index contributed by atoms with van der Waals surface area (Å²) in [5.74, 6) is -0.448. The number of amides is 2. The fourth-order valence-electron chi connectivity index (χ4n) is 3.17. The number of quaternary nitrogens is 1. The van der Waals surface area contributed by atoms with Gasteiger partial charge in [0.05, 0.1) is 23.2 Å². The summed E-state index contributed by atoms with van der Waals surface area (Å²) in [5.41, 5.74) is -0.225. The van der Waals surface area contributed by atoms with Crippen LogP contribution in [0.1, 0.15) is 39.0 Å². The van der Waals surface area contributed by atoms with Crippen molar-refractivity contribution in [3.8, 4) is 6.07 Å². The smallest absolute Gasteiger partial charge is 0.279 e. The standard InChI is InChI=1S/C19H24Cl2N4O2/c1-13(18(27)24-19(12-22)8-4-3-5-9-19)25(2)11-17(26)23-14-6-7-15(20)16(21)10-14/h6-7,10,13H,3-5,8-9,11H2,1-2H3,(H,23,26)(H,24,27)/p+1/t13-/m1/s1. The SMILES string of the molecule is C[C@H](C(=O)NC1(C#N)CCCCC1)[NH+](C)CC(=O)Nc1ccc(Cl)c(Cl)c1. The second kappa shape index (κ2) is 9.41. The van der Waals surface area contributed by atoms with Crippen molar-refractivity contribution in [2.45, 2.75) is 50.6 Å². The minimum Gasteiger partial charge on any atom is -0.333 e. The van der Waals surface area contributed by atoms with E-state index in [9.17, 15) is 14.9 Å². The number of rotatable bonds is 6. The molecule has 1 fully saturated rings. The topological polar surface area (TPSA) is 86.4 Å². The van der Waals surface area contributed by atoms with E-state index in [-0.39, 0.29) is 18.4 Å². The number of anilines is 1. The van der Waals surface area contributed by atoms with E-state index in [0.29, 0.717) is 28.6 Å². The lowest BCUT2D eigenvalue weighted by Crippen LogP contribution is -3.15. The molecule has 0 aliphatic heterocycles. The van der Waals surface area contributed by atoms with Gasteiger partial charge in [-0.15, -0.1) is 0 Å². The molecule has 27 heavy (non-hydrogen) atoms. The van der Waals surface area contributed by atoms with Crippen LogP contribution < -0.4 is 15.5 Å². The molecule has 0 saturated heterocycles. The average molecular weight is 412 g/mol. The Bertz CT molecular complexity index is 742. The summed E-state index contributed by atoms with van der Waals surface area (Å²) in [6.45, 7) is 1.86. The number of nitriles is 1. The maximum atomic E-state index is 12.6. The Morgan fingerprint density at radius 1 is 1.26 bits per heavy atom. The molecular weight excluding hydrogens is 387 g/mol. The van der Waals surface area contributed by atoms with Crippen LogP contribution in [0.3, 0.4) is 0 Å². The first-order chi connectivity index (χ1) is 12.8. The van der Waals surface area contributed by atoms with Crippen molar-refractivity contribution in [1.82, 2.24) is 5.32 Å². The van der Waals surface area contributed by atoms with E-state index >= 15 is 0 Å². The molecule has 0 bridgehead atoms. The van der Waals surface area contributed by atoms with Crippen LogP contribution in [0, 0.1) is 11.3 Å². The van der Waals surface area contributed by atoms with Crippen molar-refractivity contribution >= 4 is 40.7 Å². The molecule has 1 aliphatic carbocycles. The molecule has 1 unspecified atom stereocenters. The third kappa shape index (κ3) is 5.83. The van der Waals surface area contributed by atoms with Gasteiger partial charge in [-0.05, 0) is 38.0 Å². The molecule has 1 saturated carbocycles. The number of likely N-dealkylation sites (N-methyl/N-ethyl adjacent to an activating group) is 1. The summed E-state index contributed by atoms with van der Waals surface area (Å²) < 4.78 is 0. The normalized spacial score (nSPS) is 18.0. The van der Waals surface area contributed by atoms with Crippen molar-refractivity contribution in [2.24, 2.45) is 0 Å². The minimum absolute atomic E-state index is 0.106. The van der Waals surface area contributed by atoms with Gasteiger partial charge in [0.1, 0.15) is 5.54 Å². The molecule has 3 N–H and O–H groups in total. The zero-order chi connectivity index (χ0) is 20.0. The Hall–Kier alpha value is -1.81. The van der Waals surface area contributed by atoms with Gasteiger partial charge in [0.25, 0.3) is 11.8 Å². The Morgan fingerprint density at radius 2 is 1.93 bits per heavy atom. The van der Waals surface area contributed by atoms with Crippen LogP contribution in [-0.2, 0) is 9.59 Å². The lowest BCUT2D eigenvalue weighted by Gasteiger charge is -2.33. The van der Waals surface area contributed by atoms with E-state index in [1.165, 1.54) is 0 Å². The van der Waals surface area contributed by atoms with Crippen LogP contribution >= 0.6 is 23.2 Å². The fourth-order valence-corrected chi connectivity index (χ4v) is 3.47. The molecule has 1 aromatic carbocycles. The molecule has 146 valence electrons. The van der Waals surface area contributed by atoms with Crippen LogP contribution in [0.2, 0.25) is 10.0 Å². The largest absolute Gasteiger partial charge is 0.333 e. The molecule has 2 atom stereocenters. The van der Waals surface area contributed by atoms with Crippen molar-refractivity contribution in [2.75, 3.05) is 18.9 Å². The summed E-state index contributed by atoms with van der Waals surface area (Å²) in [4.78, 5) is 25.6. The van der Waals surface area contributed by atoms with Crippen LogP contribution in [0.5, 0.6) is 0 Å². The first kappa shape index (κ1) is 21.5. The molecule has 8 heteroatoms.